The Bertz CT molecular complexity index is 686. The monoisotopic (exact) mass is 329 g/mol. The number of nitrogens with one attached hydrogen (secondary N) is 1. The van der Waals surface area contributed by atoms with E-state index in [4.69, 9.17) is 10.2 Å². The first kappa shape index (κ1) is 16.4. The van der Waals surface area contributed by atoms with Gasteiger partial charge in [0, 0.05) is 19.3 Å². The topological polar surface area (TPSA) is 97.3 Å². The molecule has 2 aromatic heterocycles. The van der Waals surface area contributed by atoms with Gasteiger partial charge in [-0.25, -0.2) is 9.97 Å². The zero-order valence-electron chi connectivity index (χ0n) is 13.9. The molecule has 128 valence electrons. The van der Waals surface area contributed by atoms with Crippen molar-refractivity contribution in [2.75, 3.05) is 25.4 Å². The van der Waals surface area contributed by atoms with Gasteiger partial charge in [-0.05, 0) is 44.4 Å². The second-order valence-electron chi connectivity index (χ2n) is 6.26. The van der Waals surface area contributed by atoms with E-state index in [0.717, 1.165) is 38.2 Å². The Morgan fingerprint density at radius 3 is 3.17 bits per heavy atom. The summed E-state index contributed by atoms with van der Waals surface area (Å²) in [7, 11) is 0. The van der Waals surface area contributed by atoms with Gasteiger partial charge in [0.2, 0.25) is 5.95 Å². The Hall–Kier alpha value is -2.41. The van der Waals surface area contributed by atoms with E-state index >= 15 is 0 Å². The molecular formula is C17H23N5O2. The average Bonchev–Trinajstić information content (AvgIpc) is 3.06. The van der Waals surface area contributed by atoms with Crippen molar-refractivity contribution in [3.8, 4) is 0 Å². The van der Waals surface area contributed by atoms with Gasteiger partial charge >= 0.3 is 0 Å². The van der Waals surface area contributed by atoms with Crippen LogP contribution < -0.4 is 11.1 Å². The van der Waals surface area contributed by atoms with E-state index in [9.17, 15) is 4.79 Å². The molecule has 1 amide bonds. The van der Waals surface area contributed by atoms with Gasteiger partial charge in [-0.15, -0.1) is 0 Å². The van der Waals surface area contributed by atoms with Crippen LogP contribution in [-0.2, 0) is 6.54 Å². The highest BCUT2D eigenvalue weighted by Gasteiger charge is 2.21. The van der Waals surface area contributed by atoms with Gasteiger partial charge < -0.3 is 15.5 Å². The van der Waals surface area contributed by atoms with Crippen LogP contribution >= 0.6 is 0 Å². The number of nitrogens with zero attached hydrogens (tertiary/aromatic N) is 3. The van der Waals surface area contributed by atoms with Gasteiger partial charge in [0.15, 0.2) is 0 Å². The van der Waals surface area contributed by atoms with E-state index < -0.39 is 0 Å². The second kappa shape index (κ2) is 7.44. The van der Waals surface area contributed by atoms with E-state index in [1.807, 2.05) is 12.1 Å². The lowest BCUT2D eigenvalue weighted by molar-refractivity contribution is 0.0927. The first-order chi connectivity index (χ1) is 11.6. The van der Waals surface area contributed by atoms with Crippen molar-refractivity contribution in [2.45, 2.75) is 26.3 Å². The van der Waals surface area contributed by atoms with Gasteiger partial charge in [-0.2, -0.15) is 0 Å². The largest absolute Gasteiger partial charge is 0.468 e. The maximum atomic E-state index is 12.3. The van der Waals surface area contributed by atoms with E-state index in [2.05, 4.69) is 20.2 Å². The van der Waals surface area contributed by atoms with Crippen LogP contribution in [0.1, 0.15) is 34.7 Å². The summed E-state index contributed by atoms with van der Waals surface area (Å²) in [5.41, 5.74) is 6.60. The summed E-state index contributed by atoms with van der Waals surface area (Å²) in [6.45, 7) is 5.26. The third kappa shape index (κ3) is 4.11. The summed E-state index contributed by atoms with van der Waals surface area (Å²) < 4.78 is 5.41. The Kier molecular flexibility index (Phi) is 5.10. The predicted octanol–water partition coefficient (Wildman–Crippen LogP) is 1.60. The van der Waals surface area contributed by atoms with Gasteiger partial charge in [0.05, 0.1) is 24.1 Å². The van der Waals surface area contributed by atoms with Crippen molar-refractivity contribution in [1.29, 1.82) is 0 Å². The molecule has 3 heterocycles. The first-order valence-corrected chi connectivity index (χ1v) is 8.24. The van der Waals surface area contributed by atoms with Gasteiger partial charge in [0.25, 0.3) is 5.91 Å². The lowest BCUT2D eigenvalue weighted by Gasteiger charge is -2.32. The number of nitrogen functional groups attached to an aromatic ring is 1. The zero-order valence-corrected chi connectivity index (χ0v) is 13.9. The van der Waals surface area contributed by atoms with Crippen LogP contribution in [0, 0.1) is 12.8 Å². The van der Waals surface area contributed by atoms with Gasteiger partial charge in [-0.1, -0.05) is 0 Å². The summed E-state index contributed by atoms with van der Waals surface area (Å²) in [5, 5.41) is 3.00. The van der Waals surface area contributed by atoms with E-state index in [0.29, 0.717) is 23.7 Å². The molecule has 3 N–H and O–H groups in total. The van der Waals surface area contributed by atoms with Crippen molar-refractivity contribution in [2.24, 2.45) is 5.92 Å². The van der Waals surface area contributed by atoms with Crippen LogP contribution in [0.5, 0.6) is 0 Å². The fourth-order valence-electron chi connectivity index (χ4n) is 3.12. The number of carbonyl (C=O) groups excluding carboxylic acids is 1. The number of aryl methyl sites for hydroxylation is 1. The van der Waals surface area contributed by atoms with Crippen LogP contribution in [0.15, 0.2) is 29.0 Å². The number of amides is 1. The number of nitrogens with two attached hydrogens (primary N) is 1. The minimum absolute atomic E-state index is 0.143. The number of likely N-dealkylation sites (tertiary alicyclic amines) is 1. The molecule has 7 nitrogen and oxygen atoms in total. The standard InChI is InChI=1S/C17H23N5O2/c1-12-15(9-20-17(18)21-12)16(23)19-8-13-4-2-6-22(10-13)11-14-5-3-7-24-14/h3,5,7,9,13H,2,4,6,8,10-11H2,1H3,(H,19,23)(H2,18,20,21). The zero-order chi connectivity index (χ0) is 16.9. The molecule has 0 bridgehead atoms. The van der Waals surface area contributed by atoms with E-state index in [1.165, 1.54) is 6.20 Å². The van der Waals surface area contributed by atoms with Crippen molar-refractivity contribution < 1.29 is 9.21 Å². The normalized spacial score (nSPS) is 18.5. The lowest BCUT2D eigenvalue weighted by Crippen LogP contribution is -2.40. The van der Waals surface area contributed by atoms with Crippen molar-refractivity contribution in [1.82, 2.24) is 20.2 Å². The molecule has 1 fully saturated rings. The molecule has 1 aliphatic heterocycles. The van der Waals surface area contributed by atoms with Crippen molar-refractivity contribution in [3.05, 3.63) is 41.6 Å². The molecule has 0 saturated carbocycles. The van der Waals surface area contributed by atoms with Crippen LogP contribution in [0.4, 0.5) is 5.95 Å². The maximum Gasteiger partial charge on any atom is 0.254 e. The molecule has 3 rings (SSSR count). The third-order valence-electron chi connectivity index (χ3n) is 4.36. The molecule has 0 spiro atoms. The number of anilines is 1. The third-order valence-corrected chi connectivity index (χ3v) is 4.36. The van der Waals surface area contributed by atoms with Crippen LogP contribution in [-0.4, -0.2) is 40.4 Å². The van der Waals surface area contributed by atoms with Crippen LogP contribution in [0.3, 0.4) is 0 Å². The van der Waals surface area contributed by atoms with Gasteiger partial charge in [-0.3, -0.25) is 9.69 Å². The smallest absolute Gasteiger partial charge is 0.254 e. The summed E-state index contributed by atoms with van der Waals surface area (Å²) in [6, 6.07) is 3.91. The highest BCUT2D eigenvalue weighted by Crippen LogP contribution is 2.18. The van der Waals surface area contributed by atoms with E-state index in [-0.39, 0.29) is 11.9 Å². The number of hydrogen-bond donors (Lipinski definition) is 2. The molecule has 0 aromatic carbocycles. The molecule has 1 atom stereocenters. The Balaban J connectivity index is 1.51. The molecule has 1 unspecified atom stereocenters. The summed E-state index contributed by atoms with van der Waals surface area (Å²) in [6.07, 6.45) is 5.43. The number of hydrogen-bond acceptors (Lipinski definition) is 6. The average molecular weight is 329 g/mol. The van der Waals surface area contributed by atoms with Crippen LogP contribution in [0.2, 0.25) is 0 Å². The minimum Gasteiger partial charge on any atom is -0.468 e. The first-order valence-electron chi connectivity index (χ1n) is 8.24. The number of piperidine rings is 1. The van der Waals surface area contributed by atoms with E-state index in [1.54, 1.807) is 13.2 Å². The maximum absolute atomic E-state index is 12.3. The van der Waals surface area contributed by atoms with Crippen LogP contribution in [0.25, 0.3) is 0 Å². The number of rotatable bonds is 5. The quantitative estimate of drug-likeness (QED) is 0.865. The highest BCUT2D eigenvalue weighted by atomic mass is 16.3. The Morgan fingerprint density at radius 1 is 1.54 bits per heavy atom. The number of furan rings is 1. The molecule has 24 heavy (non-hydrogen) atoms. The fourth-order valence-corrected chi connectivity index (χ4v) is 3.12. The molecular weight excluding hydrogens is 306 g/mol. The predicted molar refractivity (Wildman–Crippen MR) is 90.2 cm³/mol. The molecule has 7 heteroatoms. The lowest BCUT2D eigenvalue weighted by atomic mass is 9.97. The molecule has 2 aromatic rings. The SMILES string of the molecule is Cc1nc(N)ncc1C(=O)NCC1CCCN(Cc2ccco2)C1. The molecule has 1 aliphatic rings. The van der Waals surface area contributed by atoms with Crippen molar-refractivity contribution in [3.63, 3.8) is 0 Å². The fraction of sp³-hybridized carbons (Fsp3) is 0.471. The van der Waals surface area contributed by atoms with Gasteiger partial charge in [0.1, 0.15) is 5.76 Å². The van der Waals surface area contributed by atoms with Crippen molar-refractivity contribution >= 4 is 11.9 Å². The molecule has 1 saturated heterocycles. The minimum atomic E-state index is -0.143. The number of carbonyl (C=O) groups is 1. The number of aromatic nitrogens is 2. The highest BCUT2D eigenvalue weighted by molar-refractivity contribution is 5.94. The molecule has 0 radical (unpaired) electrons. The second-order valence-corrected chi connectivity index (χ2v) is 6.26. The molecule has 0 aliphatic carbocycles. The summed E-state index contributed by atoms with van der Waals surface area (Å²) in [5.74, 6) is 1.46. The Morgan fingerprint density at radius 2 is 2.42 bits per heavy atom. The summed E-state index contributed by atoms with van der Waals surface area (Å²) >= 11 is 0. The Labute approximate surface area is 141 Å². The summed E-state index contributed by atoms with van der Waals surface area (Å²) in [4.78, 5) is 22.6.